The molecule has 2 aromatic rings. The Morgan fingerprint density at radius 1 is 0.885 bits per heavy atom. The minimum absolute atomic E-state index is 0.0566. The van der Waals surface area contributed by atoms with Crippen LogP contribution in [0.4, 0.5) is 0 Å². The van der Waals surface area contributed by atoms with Crippen LogP contribution in [0.5, 0.6) is 0 Å². The van der Waals surface area contributed by atoms with Gasteiger partial charge in [-0.15, -0.1) is 0 Å². The number of amides is 3. The second-order valence-electron chi connectivity index (χ2n) is 5.77. The van der Waals surface area contributed by atoms with Gasteiger partial charge in [-0.3, -0.25) is 24.1 Å². The van der Waals surface area contributed by atoms with Crippen molar-refractivity contribution >= 4 is 29.1 Å². The summed E-state index contributed by atoms with van der Waals surface area (Å²) >= 11 is 0. The number of imide groups is 1. The molecule has 0 aliphatic carbocycles. The first-order chi connectivity index (χ1) is 12.5. The molecule has 6 nitrogen and oxygen atoms in total. The topological polar surface area (TPSA) is 83.6 Å². The van der Waals surface area contributed by atoms with Gasteiger partial charge in [-0.1, -0.05) is 60.7 Å². The van der Waals surface area contributed by atoms with Gasteiger partial charge in [0.05, 0.1) is 5.57 Å². The number of carbonyl (C=O) groups is 4. The molecule has 1 saturated heterocycles. The van der Waals surface area contributed by atoms with E-state index in [0.29, 0.717) is 11.1 Å². The summed E-state index contributed by atoms with van der Waals surface area (Å²) in [5, 5.41) is 2.48. The molecule has 0 aromatic heterocycles. The number of hydrogen-bond acceptors (Lipinski definition) is 4. The second kappa shape index (κ2) is 7.14. The van der Waals surface area contributed by atoms with Gasteiger partial charge in [0.25, 0.3) is 5.91 Å². The number of benzene rings is 2. The maximum Gasteiger partial charge on any atom is 0.278 e. The molecule has 1 fully saturated rings. The third-order valence-corrected chi connectivity index (χ3v) is 3.98. The fourth-order valence-corrected chi connectivity index (χ4v) is 2.73. The van der Waals surface area contributed by atoms with E-state index in [1.54, 1.807) is 60.7 Å². The number of ketones is 1. The Kier molecular flexibility index (Phi) is 4.75. The monoisotopic (exact) mass is 348 g/mol. The first-order valence-corrected chi connectivity index (χ1v) is 8.00. The smallest absolute Gasteiger partial charge is 0.278 e. The first kappa shape index (κ1) is 17.3. The number of rotatable bonds is 3. The number of Topliss-reactive ketones (excluding diaryl/α,β-unsaturated/α-hetero) is 1. The normalized spacial score (nSPS) is 16.1. The number of nitrogens with one attached hydrogen (secondary N) is 1. The zero-order chi connectivity index (χ0) is 18.7. The average molecular weight is 348 g/mol. The lowest BCUT2D eigenvalue weighted by atomic mass is 9.93. The zero-order valence-corrected chi connectivity index (χ0v) is 14.1. The highest BCUT2D eigenvalue weighted by molar-refractivity contribution is 6.34. The number of hydrogen-bond donors (Lipinski definition) is 1. The van der Waals surface area contributed by atoms with Crippen molar-refractivity contribution in [2.24, 2.45) is 0 Å². The summed E-state index contributed by atoms with van der Waals surface area (Å²) in [6, 6.07) is 17.0. The molecule has 3 amide bonds. The van der Waals surface area contributed by atoms with E-state index in [0.717, 1.165) is 4.90 Å². The lowest BCUT2D eigenvalue weighted by Gasteiger charge is -2.27. The number of allylic oxidation sites excluding steroid dienone is 1. The minimum Gasteiger partial charge on any atom is -0.319 e. The summed E-state index contributed by atoms with van der Waals surface area (Å²) < 4.78 is 0. The molecule has 0 unspecified atom stereocenters. The van der Waals surface area contributed by atoms with Crippen LogP contribution in [0, 0.1) is 0 Å². The largest absolute Gasteiger partial charge is 0.319 e. The van der Waals surface area contributed by atoms with Gasteiger partial charge in [-0.05, 0) is 5.56 Å². The molecule has 0 spiro atoms. The van der Waals surface area contributed by atoms with Gasteiger partial charge in [-0.25, -0.2) is 0 Å². The van der Waals surface area contributed by atoms with Crippen LogP contribution >= 0.6 is 0 Å². The molecule has 6 heteroatoms. The van der Waals surface area contributed by atoms with Crippen LogP contribution in [-0.4, -0.2) is 34.9 Å². The lowest BCUT2D eigenvalue weighted by molar-refractivity contribution is -0.147. The SMILES string of the molecule is CC(=O)N1CC(=O)NC(=C(C(=O)c2ccccc2)c2ccccc2)C1=O. The molecule has 130 valence electrons. The Bertz CT molecular complexity index is 917. The van der Waals surface area contributed by atoms with E-state index in [4.69, 9.17) is 0 Å². The maximum absolute atomic E-state index is 13.1. The highest BCUT2D eigenvalue weighted by Gasteiger charge is 2.35. The summed E-state index contributed by atoms with van der Waals surface area (Å²) in [5.41, 5.74) is 0.730. The van der Waals surface area contributed by atoms with Crippen LogP contribution in [0.15, 0.2) is 66.4 Å². The van der Waals surface area contributed by atoms with Gasteiger partial charge in [0, 0.05) is 12.5 Å². The van der Waals surface area contributed by atoms with Gasteiger partial charge in [-0.2, -0.15) is 0 Å². The molecule has 1 aliphatic heterocycles. The summed E-state index contributed by atoms with van der Waals surface area (Å²) in [4.78, 5) is 50.4. The summed E-state index contributed by atoms with van der Waals surface area (Å²) in [6.45, 7) is 0.842. The van der Waals surface area contributed by atoms with Crippen LogP contribution in [0.2, 0.25) is 0 Å². The molecule has 0 radical (unpaired) electrons. The van der Waals surface area contributed by atoms with Gasteiger partial charge in [0.2, 0.25) is 11.8 Å². The van der Waals surface area contributed by atoms with Crippen LogP contribution in [-0.2, 0) is 14.4 Å². The van der Waals surface area contributed by atoms with Crippen LogP contribution < -0.4 is 5.32 Å². The van der Waals surface area contributed by atoms with Crippen molar-refractivity contribution < 1.29 is 19.2 Å². The Hall–Kier alpha value is -3.54. The quantitative estimate of drug-likeness (QED) is 0.677. The first-order valence-electron chi connectivity index (χ1n) is 8.00. The zero-order valence-electron chi connectivity index (χ0n) is 14.1. The van der Waals surface area contributed by atoms with E-state index in [9.17, 15) is 19.2 Å². The Morgan fingerprint density at radius 3 is 1.96 bits per heavy atom. The Labute approximate surface area is 150 Å². The molecule has 1 aliphatic rings. The van der Waals surface area contributed by atoms with Crippen molar-refractivity contribution in [3.63, 3.8) is 0 Å². The molecule has 26 heavy (non-hydrogen) atoms. The van der Waals surface area contributed by atoms with Gasteiger partial charge in [0.15, 0.2) is 5.78 Å². The fraction of sp³-hybridized carbons (Fsp3) is 0.100. The molecule has 1 N–H and O–H groups in total. The van der Waals surface area contributed by atoms with E-state index >= 15 is 0 Å². The standard InChI is InChI=1S/C20H16N2O4/c1-13(23)22-12-16(24)21-18(20(22)26)17(14-8-4-2-5-9-14)19(25)15-10-6-3-7-11-15/h2-11H,12H2,1H3,(H,21,24). The van der Waals surface area contributed by atoms with Crippen molar-refractivity contribution in [3.05, 3.63) is 77.5 Å². The third kappa shape index (κ3) is 3.30. The molecule has 3 rings (SSSR count). The van der Waals surface area contributed by atoms with Crippen LogP contribution in [0.1, 0.15) is 22.8 Å². The predicted octanol–water partition coefficient (Wildman–Crippen LogP) is 1.79. The molecule has 0 bridgehead atoms. The van der Waals surface area contributed by atoms with E-state index < -0.39 is 23.5 Å². The number of nitrogens with zero attached hydrogens (tertiary/aromatic N) is 1. The molecule has 0 saturated carbocycles. The van der Waals surface area contributed by atoms with Crippen molar-refractivity contribution in [1.82, 2.24) is 10.2 Å². The van der Waals surface area contributed by atoms with E-state index in [2.05, 4.69) is 5.32 Å². The summed E-state index contributed by atoms with van der Waals surface area (Å²) in [5.74, 6) is -2.18. The predicted molar refractivity (Wildman–Crippen MR) is 94.7 cm³/mol. The van der Waals surface area contributed by atoms with Crippen molar-refractivity contribution in [1.29, 1.82) is 0 Å². The molecular formula is C20H16N2O4. The van der Waals surface area contributed by atoms with E-state index in [-0.39, 0.29) is 17.8 Å². The van der Waals surface area contributed by atoms with Crippen molar-refractivity contribution in [3.8, 4) is 0 Å². The highest BCUT2D eigenvalue weighted by Crippen LogP contribution is 2.25. The van der Waals surface area contributed by atoms with Crippen LogP contribution in [0.25, 0.3) is 5.57 Å². The van der Waals surface area contributed by atoms with Gasteiger partial charge < -0.3 is 5.32 Å². The summed E-state index contributed by atoms with van der Waals surface area (Å²) in [7, 11) is 0. The third-order valence-electron chi connectivity index (χ3n) is 3.98. The van der Waals surface area contributed by atoms with E-state index in [1.807, 2.05) is 0 Å². The molecule has 1 heterocycles. The second-order valence-corrected chi connectivity index (χ2v) is 5.77. The van der Waals surface area contributed by atoms with Gasteiger partial charge in [0.1, 0.15) is 12.2 Å². The van der Waals surface area contributed by atoms with Crippen molar-refractivity contribution in [2.75, 3.05) is 6.54 Å². The van der Waals surface area contributed by atoms with E-state index in [1.165, 1.54) is 6.92 Å². The Balaban J connectivity index is 2.21. The number of piperazine rings is 1. The highest BCUT2D eigenvalue weighted by atomic mass is 16.2. The number of carbonyl (C=O) groups excluding carboxylic acids is 4. The fourth-order valence-electron chi connectivity index (χ4n) is 2.73. The average Bonchev–Trinajstić information content (AvgIpc) is 2.65. The minimum atomic E-state index is -0.694. The van der Waals surface area contributed by atoms with Crippen LogP contribution in [0.3, 0.4) is 0 Å². The molecular weight excluding hydrogens is 332 g/mol. The lowest BCUT2D eigenvalue weighted by Crippen LogP contribution is -2.52. The Morgan fingerprint density at radius 2 is 1.42 bits per heavy atom. The maximum atomic E-state index is 13.1. The van der Waals surface area contributed by atoms with Crippen molar-refractivity contribution in [2.45, 2.75) is 6.92 Å². The molecule has 0 atom stereocenters. The summed E-state index contributed by atoms with van der Waals surface area (Å²) in [6.07, 6.45) is 0. The molecule has 2 aromatic carbocycles. The van der Waals surface area contributed by atoms with Gasteiger partial charge >= 0.3 is 0 Å².